The number of aromatic nitrogens is 2. The zero-order valence-corrected chi connectivity index (χ0v) is 10.5. The molecule has 5 nitrogen and oxygen atoms in total. The van der Waals surface area contributed by atoms with Crippen molar-refractivity contribution in [2.24, 2.45) is 0 Å². The van der Waals surface area contributed by atoms with E-state index in [9.17, 15) is 0 Å². The minimum Gasteiger partial charge on any atom is -0.376 e. The van der Waals surface area contributed by atoms with Crippen molar-refractivity contribution in [3.05, 3.63) is 12.4 Å². The van der Waals surface area contributed by atoms with E-state index in [0.717, 1.165) is 37.8 Å². The van der Waals surface area contributed by atoms with Gasteiger partial charge in [-0.25, -0.2) is 4.98 Å². The normalized spacial score (nSPS) is 19.3. The molecular weight excluding hydrogens is 216 g/mol. The average Bonchev–Trinajstić information content (AvgIpc) is 2.83. The van der Waals surface area contributed by atoms with E-state index in [1.54, 1.807) is 12.4 Å². The predicted octanol–water partition coefficient (Wildman–Crippen LogP) is 1.52. The van der Waals surface area contributed by atoms with E-state index in [1.807, 2.05) is 14.0 Å². The van der Waals surface area contributed by atoms with Crippen LogP contribution in [0.5, 0.6) is 0 Å². The second-order valence-electron chi connectivity index (χ2n) is 4.31. The molecule has 0 spiro atoms. The molecule has 0 aromatic carbocycles. The van der Waals surface area contributed by atoms with E-state index in [1.165, 1.54) is 6.42 Å². The Hall–Kier alpha value is -1.36. The Labute approximate surface area is 102 Å². The Morgan fingerprint density at radius 2 is 2.41 bits per heavy atom. The summed E-state index contributed by atoms with van der Waals surface area (Å²) < 4.78 is 5.62. The lowest BCUT2D eigenvalue weighted by molar-refractivity contribution is 0.116. The van der Waals surface area contributed by atoms with Gasteiger partial charge >= 0.3 is 0 Å². The van der Waals surface area contributed by atoms with E-state index >= 15 is 0 Å². The zero-order valence-electron chi connectivity index (χ0n) is 10.5. The van der Waals surface area contributed by atoms with E-state index in [-0.39, 0.29) is 0 Å². The molecule has 1 saturated heterocycles. The van der Waals surface area contributed by atoms with Gasteiger partial charge in [-0.3, -0.25) is 4.98 Å². The summed E-state index contributed by atoms with van der Waals surface area (Å²) in [5.41, 5.74) is 0. The highest BCUT2D eigenvalue weighted by Gasteiger charge is 2.18. The Morgan fingerprint density at radius 1 is 1.53 bits per heavy atom. The number of rotatable bonds is 5. The third kappa shape index (κ3) is 3.30. The summed E-state index contributed by atoms with van der Waals surface area (Å²) in [6.45, 7) is 4.67. The monoisotopic (exact) mass is 236 g/mol. The van der Waals surface area contributed by atoms with Crippen molar-refractivity contribution < 1.29 is 4.74 Å². The molecule has 1 aliphatic rings. The largest absolute Gasteiger partial charge is 0.376 e. The molecule has 0 radical (unpaired) electrons. The quantitative estimate of drug-likeness (QED) is 0.840. The topological polar surface area (TPSA) is 50.3 Å². The van der Waals surface area contributed by atoms with Crippen molar-refractivity contribution in [1.82, 2.24) is 9.97 Å². The minimum atomic E-state index is 0.338. The summed E-state index contributed by atoms with van der Waals surface area (Å²) in [6, 6.07) is 0. The van der Waals surface area contributed by atoms with Crippen molar-refractivity contribution in [2.45, 2.75) is 25.9 Å². The van der Waals surface area contributed by atoms with Gasteiger partial charge in [-0.05, 0) is 19.8 Å². The molecule has 2 rings (SSSR count). The Kier molecular flexibility index (Phi) is 4.14. The summed E-state index contributed by atoms with van der Waals surface area (Å²) in [5.74, 6) is 1.71. The molecule has 1 fully saturated rings. The highest BCUT2D eigenvalue weighted by Crippen LogP contribution is 2.16. The number of hydrogen-bond donors (Lipinski definition) is 1. The van der Waals surface area contributed by atoms with Crippen molar-refractivity contribution in [3.8, 4) is 0 Å². The van der Waals surface area contributed by atoms with Gasteiger partial charge in [0.1, 0.15) is 11.6 Å². The molecule has 0 amide bonds. The van der Waals surface area contributed by atoms with Gasteiger partial charge in [0.2, 0.25) is 0 Å². The van der Waals surface area contributed by atoms with Crippen LogP contribution in [0.4, 0.5) is 11.6 Å². The second kappa shape index (κ2) is 5.82. The SMILES string of the molecule is CCNc1cncc(N(C)CC2CCCO2)n1. The van der Waals surface area contributed by atoms with Gasteiger partial charge in [0.15, 0.2) is 0 Å². The molecule has 0 saturated carbocycles. The third-order valence-corrected chi connectivity index (χ3v) is 2.87. The maximum atomic E-state index is 5.62. The molecule has 1 N–H and O–H groups in total. The van der Waals surface area contributed by atoms with E-state index in [0.29, 0.717) is 6.10 Å². The molecule has 94 valence electrons. The van der Waals surface area contributed by atoms with Gasteiger partial charge in [-0.1, -0.05) is 0 Å². The first-order valence-electron chi connectivity index (χ1n) is 6.18. The molecule has 1 aliphatic heterocycles. The smallest absolute Gasteiger partial charge is 0.149 e. The van der Waals surface area contributed by atoms with E-state index < -0.39 is 0 Å². The van der Waals surface area contributed by atoms with Gasteiger partial charge in [-0.15, -0.1) is 0 Å². The lowest BCUT2D eigenvalue weighted by Gasteiger charge is -2.21. The second-order valence-corrected chi connectivity index (χ2v) is 4.31. The fourth-order valence-electron chi connectivity index (χ4n) is 1.99. The first kappa shape index (κ1) is 12.1. The summed E-state index contributed by atoms with van der Waals surface area (Å²) >= 11 is 0. The standard InChI is InChI=1S/C12H20N4O/c1-3-14-11-7-13-8-12(15-11)16(2)9-10-5-4-6-17-10/h7-8,10H,3-6,9H2,1-2H3,(H,14,15). The highest BCUT2D eigenvalue weighted by atomic mass is 16.5. The van der Waals surface area contributed by atoms with Crippen molar-refractivity contribution in [3.63, 3.8) is 0 Å². The number of likely N-dealkylation sites (N-methyl/N-ethyl adjacent to an activating group) is 1. The van der Waals surface area contributed by atoms with Crippen LogP contribution in [0.1, 0.15) is 19.8 Å². The first-order chi connectivity index (χ1) is 8.29. The summed E-state index contributed by atoms with van der Waals surface area (Å²) in [4.78, 5) is 10.8. The first-order valence-corrected chi connectivity index (χ1v) is 6.18. The van der Waals surface area contributed by atoms with Crippen LogP contribution in [0.15, 0.2) is 12.4 Å². The maximum Gasteiger partial charge on any atom is 0.149 e. The molecule has 0 aliphatic carbocycles. The summed E-state index contributed by atoms with van der Waals surface area (Å²) in [5, 5.41) is 3.16. The molecule has 2 heterocycles. The molecule has 0 bridgehead atoms. The number of nitrogens with one attached hydrogen (secondary N) is 1. The number of anilines is 2. The molecule has 17 heavy (non-hydrogen) atoms. The zero-order chi connectivity index (χ0) is 12.1. The van der Waals surface area contributed by atoms with Crippen LogP contribution in [0.25, 0.3) is 0 Å². The summed E-state index contributed by atoms with van der Waals surface area (Å²) in [6.07, 6.45) is 6.18. The van der Waals surface area contributed by atoms with Gasteiger partial charge in [-0.2, -0.15) is 0 Å². The van der Waals surface area contributed by atoms with E-state index in [2.05, 4.69) is 20.2 Å². The van der Waals surface area contributed by atoms with Crippen molar-refractivity contribution >= 4 is 11.6 Å². The van der Waals surface area contributed by atoms with Crippen LogP contribution in [0.2, 0.25) is 0 Å². The maximum absolute atomic E-state index is 5.62. The molecule has 5 heteroatoms. The number of hydrogen-bond acceptors (Lipinski definition) is 5. The summed E-state index contributed by atoms with van der Waals surface area (Å²) in [7, 11) is 2.03. The Bertz CT molecular complexity index is 352. The fourth-order valence-corrected chi connectivity index (χ4v) is 1.99. The predicted molar refractivity (Wildman–Crippen MR) is 68.4 cm³/mol. The molecule has 1 atom stereocenters. The van der Waals surface area contributed by atoms with Crippen LogP contribution in [0.3, 0.4) is 0 Å². The molecule has 1 unspecified atom stereocenters. The Balaban J connectivity index is 1.97. The van der Waals surface area contributed by atoms with Crippen LogP contribution >= 0.6 is 0 Å². The van der Waals surface area contributed by atoms with Crippen molar-refractivity contribution in [2.75, 3.05) is 37.0 Å². The fraction of sp³-hybridized carbons (Fsp3) is 0.667. The average molecular weight is 236 g/mol. The lowest BCUT2D eigenvalue weighted by Crippen LogP contribution is -2.29. The van der Waals surface area contributed by atoms with Crippen LogP contribution < -0.4 is 10.2 Å². The molecular formula is C12H20N4O. The van der Waals surface area contributed by atoms with Gasteiger partial charge in [0.25, 0.3) is 0 Å². The molecule has 1 aromatic heterocycles. The van der Waals surface area contributed by atoms with Crippen molar-refractivity contribution in [1.29, 1.82) is 0 Å². The minimum absolute atomic E-state index is 0.338. The Morgan fingerprint density at radius 3 is 3.12 bits per heavy atom. The third-order valence-electron chi connectivity index (χ3n) is 2.87. The highest BCUT2D eigenvalue weighted by molar-refractivity contribution is 5.43. The molecule has 1 aromatic rings. The van der Waals surface area contributed by atoms with Crippen LogP contribution in [0, 0.1) is 0 Å². The van der Waals surface area contributed by atoms with Crippen LogP contribution in [-0.4, -0.2) is 42.8 Å². The van der Waals surface area contributed by atoms with Crippen LogP contribution in [-0.2, 0) is 4.74 Å². The van der Waals surface area contributed by atoms with Gasteiger partial charge in [0.05, 0.1) is 18.5 Å². The number of ether oxygens (including phenoxy) is 1. The van der Waals surface area contributed by atoms with Gasteiger partial charge < -0.3 is 15.0 Å². The number of nitrogens with zero attached hydrogens (tertiary/aromatic N) is 3. The van der Waals surface area contributed by atoms with E-state index in [4.69, 9.17) is 4.74 Å². The van der Waals surface area contributed by atoms with Gasteiger partial charge in [0, 0.05) is 26.7 Å². The lowest BCUT2D eigenvalue weighted by atomic mass is 10.2.